The van der Waals surface area contributed by atoms with E-state index in [0.29, 0.717) is 23.8 Å². The van der Waals surface area contributed by atoms with Crippen LogP contribution in [0.5, 0.6) is 0 Å². The minimum absolute atomic E-state index is 0.0541. The summed E-state index contributed by atoms with van der Waals surface area (Å²) in [7, 11) is 1.97. The number of fused-ring (bicyclic) bond motifs is 5. The van der Waals surface area contributed by atoms with Gasteiger partial charge in [-0.15, -0.1) is 0 Å². The van der Waals surface area contributed by atoms with Gasteiger partial charge in [0, 0.05) is 30.1 Å². The average molecular weight is 453 g/mol. The zero-order chi connectivity index (χ0) is 24.4. The Balaban J connectivity index is 0.00000149. The Morgan fingerprint density at radius 1 is 1.15 bits per heavy atom. The molecule has 0 bridgehead atoms. The minimum atomic E-state index is 0.0541. The number of nitrogens with one attached hydrogen (secondary N) is 1. The lowest BCUT2D eigenvalue weighted by atomic mass is 9.47. The van der Waals surface area contributed by atoms with E-state index in [1.165, 1.54) is 6.42 Å². The number of rotatable bonds is 4. The topological polar surface area (TPSA) is 49.4 Å². The molecule has 33 heavy (non-hydrogen) atoms. The van der Waals surface area contributed by atoms with Crippen molar-refractivity contribution >= 4 is 11.8 Å². The normalized spacial score (nSPS) is 39.8. The lowest BCUT2D eigenvalue weighted by molar-refractivity contribution is -0.142. The number of hydrogen-bond donors (Lipinski definition) is 1. The van der Waals surface area contributed by atoms with Crippen molar-refractivity contribution in [1.29, 1.82) is 0 Å². The Morgan fingerprint density at radius 3 is 2.55 bits per heavy atom. The minimum Gasteiger partial charge on any atom is -0.338 e. The molecule has 4 rings (SSSR count). The van der Waals surface area contributed by atoms with Gasteiger partial charge < -0.3 is 10.2 Å². The van der Waals surface area contributed by atoms with Crippen molar-refractivity contribution < 1.29 is 9.59 Å². The molecule has 5 unspecified atom stereocenters. The first-order chi connectivity index (χ1) is 15.8. The van der Waals surface area contributed by atoms with Crippen molar-refractivity contribution in [3.8, 4) is 0 Å². The Morgan fingerprint density at radius 2 is 1.88 bits per heavy atom. The van der Waals surface area contributed by atoms with Gasteiger partial charge in [0.25, 0.3) is 0 Å². The summed E-state index contributed by atoms with van der Waals surface area (Å²) in [5.41, 5.74) is 0.886. The molecule has 0 saturated heterocycles. The Kier molecular flexibility index (Phi) is 7.76. The van der Waals surface area contributed by atoms with Crippen molar-refractivity contribution in [3.05, 3.63) is 48.7 Å². The summed E-state index contributed by atoms with van der Waals surface area (Å²) >= 11 is 0. The van der Waals surface area contributed by atoms with Gasteiger partial charge in [0.2, 0.25) is 11.8 Å². The van der Waals surface area contributed by atoms with Crippen molar-refractivity contribution in [3.63, 3.8) is 0 Å². The van der Waals surface area contributed by atoms with E-state index >= 15 is 0 Å². The molecule has 1 N–H and O–H groups in total. The third-order valence-electron chi connectivity index (χ3n) is 9.40. The molecule has 3 aliphatic carbocycles. The Hall–Kier alpha value is -2.10. The number of amides is 2. The molecular weight excluding hydrogens is 408 g/mol. The van der Waals surface area contributed by atoms with E-state index in [2.05, 4.69) is 31.8 Å². The molecule has 0 aromatic heterocycles. The van der Waals surface area contributed by atoms with Crippen LogP contribution in [0.25, 0.3) is 0 Å². The zero-order valence-electron chi connectivity index (χ0n) is 21.6. The largest absolute Gasteiger partial charge is 0.338 e. The molecule has 2 amide bonds. The third-order valence-corrected chi connectivity index (χ3v) is 9.40. The summed E-state index contributed by atoms with van der Waals surface area (Å²) in [6.07, 6.45) is 18.1. The fourth-order valence-corrected chi connectivity index (χ4v) is 7.76. The first kappa shape index (κ1) is 25.5. The second-order valence-electron chi connectivity index (χ2n) is 10.6. The number of allylic oxidation sites excluding steroid dienone is 4. The summed E-state index contributed by atoms with van der Waals surface area (Å²) in [4.78, 5) is 27.5. The highest BCUT2D eigenvalue weighted by Crippen LogP contribution is 2.65. The van der Waals surface area contributed by atoms with Gasteiger partial charge in [-0.1, -0.05) is 52.5 Å². The van der Waals surface area contributed by atoms with Gasteiger partial charge in [0.1, 0.15) is 0 Å². The highest BCUT2D eigenvalue weighted by Gasteiger charge is 2.61. The van der Waals surface area contributed by atoms with Gasteiger partial charge in [-0.3, -0.25) is 9.59 Å². The predicted octanol–water partition coefficient (Wildman–Crippen LogP) is 6.03. The summed E-state index contributed by atoms with van der Waals surface area (Å²) < 4.78 is 0. The smallest absolute Gasteiger partial charge is 0.246 e. The van der Waals surface area contributed by atoms with Crippen LogP contribution in [0.15, 0.2) is 48.7 Å². The third kappa shape index (κ3) is 4.26. The molecule has 4 nitrogen and oxygen atoms in total. The van der Waals surface area contributed by atoms with Crippen LogP contribution < -0.4 is 5.32 Å². The summed E-state index contributed by atoms with van der Waals surface area (Å²) in [6.45, 7) is 14.6. The van der Waals surface area contributed by atoms with Crippen LogP contribution in [-0.2, 0) is 9.59 Å². The van der Waals surface area contributed by atoms with Gasteiger partial charge in [-0.05, 0) is 86.8 Å². The Bertz CT molecular complexity index is 856. The van der Waals surface area contributed by atoms with Crippen LogP contribution in [0.3, 0.4) is 0 Å². The lowest BCUT2D eigenvalue weighted by Gasteiger charge is -2.60. The fraction of sp³-hybridized carbons (Fsp3) is 0.655. The van der Waals surface area contributed by atoms with Crippen molar-refractivity contribution in [2.45, 2.75) is 79.2 Å². The maximum Gasteiger partial charge on any atom is 0.246 e. The number of carbonyl (C=O) groups excluding carboxylic acids is 2. The van der Waals surface area contributed by atoms with E-state index in [0.717, 1.165) is 37.8 Å². The van der Waals surface area contributed by atoms with Crippen molar-refractivity contribution in [2.75, 3.05) is 7.05 Å². The van der Waals surface area contributed by atoms with Crippen LogP contribution in [0, 0.1) is 34.5 Å². The molecule has 7 atom stereocenters. The molecule has 4 heteroatoms. The number of hydrogen-bond acceptors (Lipinski definition) is 2. The fourth-order valence-electron chi connectivity index (χ4n) is 7.76. The maximum absolute atomic E-state index is 13.3. The van der Waals surface area contributed by atoms with Crippen LogP contribution >= 0.6 is 0 Å². The van der Waals surface area contributed by atoms with Gasteiger partial charge in [-0.25, -0.2) is 0 Å². The molecule has 0 aromatic rings. The predicted molar refractivity (Wildman–Crippen MR) is 136 cm³/mol. The summed E-state index contributed by atoms with van der Waals surface area (Å²) in [5, 5.41) is 3.13. The van der Waals surface area contributed by atoms with E-state index in [9.17, 15) is 9.59 Å². The van der Waals surface area contributed by atoms with Crippen molar-refractivity contribution in [1.82, 2.24) is 10.2 Å². The summed E-state index contributed by atoms with van der Waals surface area (Å²) in [6, 6.07) is 0.308. The van der Waals surface area contributed by atoms with E-state index in [-0.39, 0.29) is 28.6 Å². The van der Waals surface area contributed by atoms with Crippen LogP contribution in [0.2, 0.25) is 0 Å². The molecule has 3 saturated carbocycles. The van der Waals surface area contributed by atoms with Gasteiger partial charge in [-0.2, -0.15) is 0 Å². The second kappa shape index (κ2) is 10.0. The Labute approximate surface area is 201 Å². The number of likely N-dealkylation sites (N-methyl/N-ethyl adjacent to an activating group) is 1. The van der Waals surface area contributed by atoms with Gasteiger partial charge in [0.15, 0.2) is 0 Å². The highest BCUT2D eigenvalue weighted by molar-refractivity contribution is 5.89. The monoisotopic (exact) mass is 452 g/mol. The SMILES string of the molecule is C=C/C(=C\C=C/C)NC(=O)C1CCC2C3CCC4N(C)C(=O)C=C[C@]4(C)C3CC[C@]12C.CC. The first-order valence-electron chi connectivity index (χ1n) is 13.0. The maximum atomic E-state index is 13.3. The second-order valence-corrected chi connectivity index (χ2v) is 10.6. The first-order valence-corrected chi connectivity index (χ1v) is 13.0. The van der Waals surface area contributed by atoms with Crippen molar-refractivity contribution in [2.24, 2.45) is 34.5 Å². The van der Waals surface area contributed by atoms with E-state index in [1.807, 2.05) is 50.9 Å². The molecule has 0 radical (unpaired) electrons. The number of nitrogens with zero attached hydrogens (tertiary/aromatic N) is 1. The molecule has 0 spiro atoms. The quantitative estimate of drug-likeness (QED) is 0.529. The van der Waals surface area contributed by atoms with Crippen LogP contribution in [0.4, 0.5) is 0 Å². The molecule has 0 aromatic carbocycles. The van der Waals surface area contributed by atoms with Crippen LogP contribution in [0.1, 0.15) is 73.1 Å². The molecule has 182 valence electrons. The molecule has 4 aliphatic rings. The molecular formula is C29H44N2O2. The molecule has 1 aliphatic heterocycles. The molecule has 3 fully saturated rings. The van der Waals surface area contributed by atoms with E-state index in [4.69, 9.17) is 0 Å². The zero-order valence-corrected chi connectivity index (χ0v) is 21.6. The van der Waals surface area contributed by atoms with E-state index in [1.54, 1.807) is 12.2 Å². The highest BCUT2D eigenvalue weighted by atomic mass is 16.2. The lowest BCUT2D eigenvalue weighted by Crippen LogP contribution is -2.59. The standard InChI is InChI=1S/C27H38N2O2.C2H6/c1-6-8-9-18(7-2)28-25(31)22-12-11-20-19-10-13-23-27(4,17-15-24(30)29(23)5)21(19)14-16-26(20,22)3;1-2/h6-9,15,17,19-23H,2,10-14,16H2,1,3-5H3,(H,28,31);1-2H3/b8-6-,18-9+;/t19?,20?,21?,22?,23?,26-,27+;/m0./s1. The van der Waals surface area contributed by atoms with Gasteiger partial charge in [0.05, 0.1) is 0 Å². The summed E-state index contributed by atoms with van der Waals surface area (Å²) in [5.74, 6) is 2.18. The molecule has 1 heterocycles. The van der Waals surface area contributed by atoms with Gasteiger partial charge >= 0.3 is 0 Å². The number of carbonyl (C=O) groups is 2. The van der Waals surface area contributed by atoms with Crippen LogP contribution in [-0.4, -0.2) is 29.8 Å². The average Bonchev–Trinajstić information content (AvgIpc) is 3.18. The van der Waals surface area contributed by atoms with E-state index < -0.39 is 0 Å².